The zero-order valence-corrected chi connectivity index (χ0v) is 12.0. The number of hydrogen-bond acceptors (Lipinski definition) is 3. The number of rotatable bonds is 2. The van der Waals surface area contributed by atoms with Crippen molar-refractivity contribution in [3.63, 3.8) is 0 Å². The SMILES string of the molecule is N#Cc1ccc(C(=O)C2CC3CCCC(C2)S3)cc1F. The van der Waals surface area contributed by atoms with Crippen molar-refractivity contribution in [3.8, 4) is 6.07 Å². The number of halogens is 1. The van der Waals surface area contributed by atoms with Crippen molar-refractivity contribution in [1.29, 1.82) is 5.26 Å². The molecule has 0 aliphatic carbocycles. The summed E-state index contributed by atoms with van der Waals surface area (Å²) in [5.74, 6) is -0.520. The van der Waals surface area contributed by atoms with Crippen molar-refractivity contribution >= 4 is 17.5 Å². The molecule has 2 aliphatic rings. The number of Topliss-reactive ketones (excluding diaryl/α,β-unsaturated/α-hetero) is 1. The van der Waals surface area contributed by atoms with Crippen LogP contribution in [0.3, 0.4) is 0 Å². The molecule has 2 bridgehead atoms. The summed E-state index contributed by atoms with van der Waals surface area (Å²) in [4.78, 5) is 12.5. The molecule has 1 aromatic rings. The van der Waals surface area contributed by atoms with Crippen molar-refractivity contribution in [2.75, 3.05) is 0 Å². The summed E-state index contributed by atoms with van der Waals surface area (Å²) in [6, 6.07) is 5.99. The molecular weight excluding hydrogens is 273 g/mol. The van der Waals surface area contributed by atoms with Gasteiger partial charge in [0.15, 0.2) is 5.78 Å². The van der Waals surface area contributed by atoms with Gasteiger partial charge in [-0.1, -0.05) is 6.42 Å². The van der Waals surface area contributed by atoms with E-state index in [9.17, 15) is 9.18 Å². The number of carbonyl (C=O) groups is 1. The van der Waals surface area contributed by atoms with Gasteiger partial charge < -0.3 is 0 Å². The lowest BCUT2D eigenvalue weighted by molar-refractivity contribution is 0.0896. The second kappa shape index (κ2) is 5.57. The topological polar surface area (TPSA) is 40.9 Å². The molecule has 20 heavy (non-hydrogen) atoms. The fourth-order valence-corrected chi connectivity index (χ4v) is 5.10. The van der Waals surface area contributed by atoms with Gasteiger partial charge in [-0.3, -0.25) is 4.79 Å². The minimum atomic E-state index is -0.594. The minimum absolute atomic E-state index is 0.00220. The average Bonchev–Trinajstić information content (AvgIpc) is 2.46. The van der Waals surface area contributed by atoms with Crippen LogP contribution in [-0.2, 0) is 0 Å². The van der Waals surface area contributed by atoms with E-state index in [4.69, 9.17) is 5.26 Å². The third kappa shape index (κ3) is 2.60. The summed E-state index contributed by atoms with van der Waals surface area (Å²) in [5.41, 5.74) is 0.411. The Bertz CT molecular complexity index is 568. The Morgan fingerprint density at radius 2 is 2.00 bits per heavy atom. The standard InChI is InChI=1S/C16H16FNOS/c17-15-8-10(4-5-11(15)9-18)16(19)12-6-13-2-1-3-14(7-12)20-13/h4-5,8,12-14H,1-3,6-7H2. The molecular formula is C16H16FNOS. The maximum absolute atomic E-state index is 13.6. The molecule has 1 aromatic carbocycles. The van der Waals surface area contributed by atoms with Crippen molar-refractivity contribution < 1.29 is 9.18 Å². The van der Waals surface area contributed by atoms with Gasteiger partial charge >= 0.3 is 0 Å². The Labute approximate surface area is 122 Å². The highest BCUT2D eigenvalue weighted by atomic mass is 32.2. The van der Waals surface area contributed by atoms with Gasteiger partial charge in [-0.05, 0) is 43.9 Å². The van der Waals surface area contributed by atoms with Crippen LogP contribution in [0.4, 0.5) is 4.39 Å². The van der Waals surface area contributed by atoms with E-state index in [1.807, 2.05) is 11.8 Å². The van der Waals surface area contributed by atoms with E-state index in [-0.39, 0.29) is 17.3 Å². The van der Waals surface area contributed by atoms with Gasteiger partial charge in [0.05, 0.1) is 5.56 Å². The maximum atomic E-state index is 13.6. The molecule has 2 atom stereocenters. The molecule has 0 saturated carbocycles. The first-order valence-corrected chi connectivity index (χ1v) is 8.01. The van der Waals surface area contributed by atoms with Gasteiger partial charge in [-0.25, -0.2) is 4.39 Å². The Kier molecular flexibility index (Phi) is 3.80. The minimum Gasteiger partial charge on any atom is -0.294 e. The monoisotopic (exact) mass is 289 g/mol. The van der Waals surface area contributed by atoms with Crippen molar-refractivity contribution in [2.24, 2.45) is 5.92 Å². The summed E-state index contributed by atoms with van der Waals surface area (Å²) < 4.78 is 13.6. The van der Waals surface area contributed by atoms with E-state index in [1.54, 1.807) is 12.1 Å². The number of fused-ring (bicyclic) bond motifs is 2. The third-order valence-corrected chi connectivity index (χ3v) is 5.90. The summed E-state index contributed by atoms with van der Waals surface area (Å²) in [5, 5.41) is 9.92. The lowest BCUT2D eigenvalue weighted by Crippen LogP contribution is -2.32. The lowest BCUT2D eigenvalue weighted by atomic mass is 9.84. The molecule has 4 heteroatoms. The van der Waals surface area contributed by atoms with E-state index >= 15 is 0 Å². The van der Waals surface area contributed by atoms with Crippen molar-refractivity contribution in [3.05, 3.63) is 35.1 Å². The summed E-state index contributed by atoms with van der Waals surface area (Å²) >= 11 is 2.03. The highest BCUT2D eigenvalue weighted by molar-refractivity contribution is 8.00. The zero-order valence-electron chi connectivity index (χ0n) is 11.1. The Balaban J connectivity index is 1.79. The Morgan fingerprint density at radius 1 is 1.30 bits per heavy atom. The fraction of sp³-hybridized carbons (Fsp3) is 0.500. The van der Waals surface area contributed by atoms with Gasteiger partial charge in [0.25, 0.3) is 0 Å². The molecule has 2 aliphatic heterocycles. The van der Waals surface area contributed by atoms with Crippen LogP contribution < -0.4 is 0 Å². The zero-order chi connectivity index (χ0) is 14.1. The Hall–Kier alpha value is -1.34. The number of benzene rings is 1. The maximum Gasteiger partial charge on any atom is 0.166 e. The van der Waals surface area contributed by atoms with Crippen molar-refractivity contribution in [1.82, 2.24) is 0 Å². The van der Waals surface area contributed by atoms with Crippen LogP contribution in [0, 0.1) is 23.1 Å². The van der Waals surface area contributed by atoms with Crippen molar-refractivity contribution in [2.45, 2.75) is 42.6 Å². The molecule has 0 aromatic heterocycles. The van der Waals surface area contributed by atoms with E-state index in [1.165, 1.54) is 31.4 Å². The molecule has 0 amide bonds. The smallest absolute Gasteiger partial charge is 0.166 e. The predicted octanol–water partition coefficient (Wildman–Crippen LogP) is 3.94. The van der Waals surface area contributed by atoms with Crippen LogP contribution >= 0.6 is 11.8 Å². The lowest BCUT2D eigenvalue weighted by Gasteiger charge is -2.37. The van der Waals surface area contributed by atoms with Crippen LogP contribution in [0.1, 0.15) is 48.0 Å². The number of carbonyl (C=O) groups excluding carboxylic acids is 1. The first-order valence-electron chi connectivity index (χ1n) is 7.06. The highest BCUT2D eigenvalue weighted by Crippen LogP contribution is 2.44. The van der Waals surface area contributed by atoms with Gasteiger partial charge in [0.2, 0.25) is 0 Å². The number of ketones is 1. The predicted molar refractivity (Wildman–Crippen MR) is 77.2 cm³/mol. The largest absolute Gasteiger partial charge is 0.294 e. The second-order valence-corrected chi connectivity index (χ2v) is 7.26. The molecule has 104 valence electrons. The first-order chi connectivity index (χ1) is 9.67. The molecule has 2 saturated heterocycles. The van der Waals surface area contributed by atoms with E-state index in [2.05, 4.69) is 0 Å². The highest BCUT2D eigenvalue weighted by Gasteiger charge is 2.35. The van der Waals surface area contributed by atoms with Crippen LogP contribution in [0.5, 0.6) is 0 Å². The molecule has 0 radical (unpaired) electrons. The number of hydrogen-bond donors (Lipinski definition) is 0. The first kappa shape index (κ1) is 13.6. The van der Waals surface area contributed by atoms with Gasteiger partial charge in [0, 0.05) is 22.0 Å². The van der Waals surface area contributed by atoms with Crippen LogP contribution in [0.25, 0.3) is 0 Å². The van der Waals surface area contributed by atoms with Crippen LogP contribution in [0.2, 0.25) is 0 Å². The van der Waals surface area contributed by atoms with Gasteiger partial charge in [-0.15, -0.1) is 0 Å². The van der Waals surface area contributed by atoms with Gasteiger partial charge in [-0.2, -0.15) is 17.0 Å². The third-order valence-electron chi connectivity index (χ3n) is 4.28. The summed E-state index contributed by atoms with van der Waals surface area (Å²) in [6.45, 7) is 0. The number of nitrogens with zero attached hydrogens (tertiary/aromatic N) is 1. The molecule has 0 N–H and O–H groups in total. The normalized spacial score (nSPS) is 28.7. The summed E-state index contributed by atoms with van der Waals surface area (Å²) in [7, 11) is 0. The molecule has 2 fully saturated rings. The summed E-state index contributed by atoms with van der Waals surface area (Å²) in [6.07, 6.45) is 5.51. The quantitative estimate of drug-likeness (QED) is 0.774. The molecule has 2 heterocycles. The van der Waals surface area contributed by atoms with E-state index in [0.717, 1.165) is 12.8 Å². The molecule has 3 rings (SSSR count). The Morgan fingerprint density at radius 3 is 2.60 bits per heavy atom. The second-order valence-electron chi connectivity index (χ2n) is 5.65. The molecule has 0 spiro atoms. The number of nitriles is 1. The van der Waals surface area contributed by atoms with E-state index in [0.29, 0.717) is 16.1 Å². The average molecular weight is 289 g/mol. The fourth-order valence-electron chi connectivity index (χ4n) is 3.27. The van der Waals surface area contributed by atoms with Crippen LogP contribution in [0.15, 0.2) is 18.2 Å². The van der Waals surface area contributed by atoms with Crippen LogP contribution in [-0.4, -0.2) is 16.3 Å². The molecule has 2 unspecified atom stereocenters. The number of thioether (sulfide) groups is 1. The van der Waals surface area contributed by atoms with Gasteiger partial charge in [0.1, 0.15) is 11.9 Å². The van der Waals surface area contributed by atoms with E-state index < -0.39 is 5.82 Å². The molecule has 2 nitrogen and oxygen atoms in total.